The van der Waals surface area contributed by atoms with Crippen molar-refractivity contribution < 1.29 is 9.18 Å². The molecular formula is C18H22FN5O. The van der Waals surface area contributed by atoms with E-state index in [1.54, 1.807) is 36.5 Å². The summed E-state index contributed by atoms with van der Waals surface area (Å²) in [5, 5.41) is 0. The summed E-state index contributed by atoms with van der Waals surface area (Å²) in [5.74, 6) is 0.489. The summed E-state index contributed by atoms with van der Waals surface area (Å²) < 4.78 is 13.2. The van der Waals surface area contributed by atoms with E-state index in [1.165, 1.54) is 12.1 Å². The van der Waals surface area contributed by atoms with Gasteiger partial charge in [-0.25, -0.2) is 14.4 Å². The standard InChI is InChI=1S/C18H22FN5O/c1-22(13-15-4-2-5-16(19)12-15)17(25)14-23-8-10-24(11-9-23)18-20-6-3-7-21-18/h2-7,12H,8-11,13-14H2,1H3. The number of anilines is 1. The minimum Gasteiger partial charge on any atom is -0.340 e. The fraction of sp³-hybridized carbons (Fsp3) is 0.389. The molecule has 3 rings (SSSR count). The molecule has 25 heavy (non-hydrogen) atoms. The van der Waals surface area contributed by atoms with E-state index in [1.807, 2.05) is 6.07 Å². The zero-order valence-corrected chi connectivity index (χ0v) is 14.3. The Morgan fingerprint density at radius 2 is 1.88 bits per heavy atom. The third-order valence-corrected chi connectivity index (χ3v) is 4.30. The first kappa shape index (κ1) is 17.3. The van der Waals surface area contributed by atoms with Gasteiger partial charge < -0.3 is 9.80 Å². The molecule has 1 fully saturated rings. The predicted molar refractivity (Wildman–Crippen MR) is 93.6 cm³/mol. The number of benzene rings is 1. The van der Waals surface area contributed by atoms with Crippen LogP contribution in [0.4, 0.5) is 10.3 Å². The van der Waals surface area contributed by atoms with Gasteiger partial charge in [-0.05, 0) is 23.8 Å². The zero-order chi connectivity index (χ0) is 17.6. The number of piperazine rings is 1. The van der Waals surface area contributed by atoms with Gasteiger partial charge in [0.1, 0.15) is 5.82 Å². The summed E-state index contributed by atoms with van der Waals surface area (Å²) in [7, 11) is 1.75. The highest BCUT2D eigenvalue weighted by Crippen LogP contribution is 2.11. The minimum atomic E-state index is -0.280. The zero-order valence-electron chi connectivity index (χ0n) is 14.3. The van der Waals surface area contributed by atoms with E-state index in [0.717, 1.165) is 37.7 Å². The lowest BCUT2D eigenvalue weighted by atomic mass is 10.2. The molecule has 0 aliphatic carbocycles. The maximum absolute atomic E-state index is 13.2. The number of rotatable bonds is 5. The Labute approximate surface area is 146 Å². The van der Waals surface area contributed by atoms with Crippen LogP contribution in [0.3, 0.4) is 0 Å². The average molecular weight is 343 g/mol. The van der Waals surface area contributed by atoms with Crippen molar-refractivity contribution in [2.75, 3.05) is 44.7 Å². The Bertz CT molecular complexity index is 704. The van der Waals surface area contributed by atoms with Gasteiger partial charge in [-0.2, -0.15) is 0 Å². The Kier molecular flexibility index (Phi) is 5.55. The molecule has 132 valence electrons. The summed E-state index contributed by atoms with van der Waals surface area (Å²) in [6.45, 7) is 3.95. The number of nitrogens with zero attached hydrogens (tertiary/aromatic N) is 5. The molecule has 1 amide bonds. The maximum atomic E-state index is 13.2. The van der Waals surface area contributed by atoms with Crippen LogP contribution < -0.4 is 4.90 Å². The summed E-state index contributed by atoms with van der Waals surface area (Å²) in [4.78, 5) is 26.8. The Balaban J connectivity index is 1.47. The highest BCUT2D eigenvalue weighted by molar-refractivity contribution is 5.78. The van der Waals surface area contributed by atoms with E-state index in [9.17, 15) is 9.18 Å². The summed E-state index contributed by atoms with van der Waals surface area (Å²) in [5.41, 5.74) is 0.793. The smallest absolute Gasteiger partial charge is 0.236 e. The molecule has 0 bridgehead atoms. The molecule has 0 unspecified atom stereocenters. The number of carbonyl (C=O) groups excluding carboxylic acids is 1. The van der Waals surface area contributed by atoms with Crippen molar-refractivity contribution in [1.82, 2.24) is 19.8 Å². The molecule has 1 aromatic heterocycles. The highest BCUT2D eigenvalue weighted by atomic mass is 19.1. The number of carbonyl (C=O) groups is 1. The van der Waals surface area contributed by atoms with Crippen LogP contribution in [0, 0.1) is 5.82 Å². The molecule has 7 heteroatoms. The molecule has 0 spiro atoms. The Morgan fingerprint density at radius 1 is 1.16 bits per heavy atom. The number of halogens is 1. The summed E-state index contributed by atoms with van der Waals surface area (Å²) in [6.07, 6.45) is 3.47. The van der Waals surface area contributed by atoms with Crippen LogP contribution in [0.5, 0.6) is 0 Å². The predicted octanol–water partition coefficient (Wildman–Crippen LogP) is 1.40. The highest BCUT2D eigenvalue weighted by Gasteiger charge is 2.21. The first-order chi connectivity index (χ1) is 12.1. The monoisotopic (exact) mass is 343 g/mol. The summed E-state index contributed by atoms with van der Waals surface area (Å²) in [6, 6.07) is 8.15. The second kappa shape index (κ2) is 8.02. The van der Waals surface area contributed by atoms with E-state index in [2.05, 4.69) is 19.8 Å². The van der Waals surface area contributed by atoms with Crippen molar-refractivity contribution in [2.45, 2.75) is 6.54 Å². The molecule has 6 nitrogen and oxygen atoms in total. The number of likely N-dealkylation sites (N-methyl/N-ethyl adjacent to an activating group) is 1. The summed E-state index contributed by atoms with van der Waals surface area (Å²) >= 11 is 0. The molecule has 0 N–H and O–H groups in total. The van der Waals surface area contributed by atoms with E-state index >= 15 is 0 Å². The molecule has 1 aliphatic rings. The van der Waals surface area contributed by atoms with Gasteiger partial charge in [-0.15, -0.1) is 0 Å². The molecule has 1 aliphatic heterocycles. The normalized spacial score (nSPS) is 15.2. The fourth-order valence-corrected chi connectivity index (χ4v) is 2.87. The lowest BCUT2D eigenvalue weighted by Crippen LogP contribution is -2.50. The molecule has 1 aromatic carbocycles. The molecule has 2 heterocycles. The van der Waals surface area contributed by atoms with Crippen LogP contribution >= 0.6 is 0 Å². The first-order valence-electron chi connectivity index (χ1n) is 8.34. The van der Waals surface area contributed by atoms with Gasteiger partial charge in [0.15, 0.2) is 0 Å². The van der Waals surface area contributed by atoms with Gasteiger partial charge in [0.05, 0.1) is 6.54 Å². The number of amides is 1. The fourth-order valence-electron chi connectivity index (χ4n) is 2.87. The van der Waals surface area contributed by atoms with Gasteiger partial charge in [-0.1, -0.05) is 12.1 Å². The van der Waals surface area contributed by atoms with Gasteiger partial charge >= 0.3 is 0 Å². The van der Waals surface area contributed by atoms with Crippen LogP contribution in [-0.2, 0) is 11.3 Å². The van der Waals surface area contributed by atoms with Crippen LogP contribution in [0.2, 0.25) is 0 Å². The second-order valence-corrected chi connectivity index (χ2v) is 6.19. The van der Waals surface area contributed by atoms with Crippen molar-refractivity contribution >= 4 is 11.9 Å². The SMILES string of the molecule is CN(Cc1cccc(F)c1)C(=O)CN1CCN(c2ncccn2)CC1. The molecule has 0 atom stereocenters. The Morgan fingerprint density at radius 3 is 2.56 bits per heavy atom. The molecule has 1 saturated heterocycles. The van der Waals surface area contributed by atoms with E-state index < -0.39 is 0 Å². The Hall–Kier alpha value is -2.54. The quantitative estimate of drug-likeness (QED) is 0.821. The van der Waals surface area contributed by atoms with Gasteiger partial charge in [0, 0.05) is 52.2 Å². The van der Waals surface area contributed by atoms with Crippen molar-refractivity contribution in [3.05, 3.63) is 54.1 Å². The van der Waals surface area contributed by atoms with Gasteiger partial charge in [0.2, 0.25) is 11.9 Å². The lowest BCUT2D eigenvalue weighted by Gasteiger charge is -2.34. The van der Waals surface area contributed by atoms with E-state index in [4.69, 9.17) is 0 Å². The van der Waals surface area contributed by atoms with Crippen LogP contribution in [-0.4, -0.2) is 65.4 Å². The van der Waals surface area contributed by atoms with Crippen LogP contribution in [0.15, 0.2) is 42.7 Å². The molecule has 0 radical (unpaired) electrons. The molecule has 0 saturated carbocycles. The largest absolute Gasteiger partial charge is 0.340 e. The van der Waals surface area contributed by atoms with Gasteiger partial charge in [-0.3, -0.25) is 9.69 Å². The lowest BCUT2D eigenvalue weighted by molar-refractivity contribution is -0.131. The van der Waals surface area contributed by atoms with Crippen molar-refractivity contribution in [3.8, 4) is 0 Å². The van der Waals surface area contributed by atoms with Crippen LogP contribution in [0.1, 0.15) is 5.56 Å². The van der Waals surface area contributed by atoms with Gasteiger partial charge in [0.25, 0.3) is 0 Å². The number of hydrogen-bond donors (Lipinski definition) is 0. The van der Waals surface area contributed by atoms with Crippen molar-refractivity contribution in [3.63, 3.8) is 0 Å². The second-order valence-electron chi connectivity index (χ2n) is 6.19. The number of aromatic nitrogens is 2. The average Bonchev–Trinajstić information content (AvgIpc) is 2.63. The third-order valence-electron chi connectivity index (χ3n) is 4.30. The number of hydrogen-bond acceptors (Lipinski definition) is 5. The van der Waals surface area contributed by atoms with Crippen LogP contribution in [0.25, 0.3) is 0 Å². The minimum absolute atomic E-state index is 0.0358. The molecular weight excluding hydrogens is 321 g/mol. The van der Waals surface area contributed by atoms with E-state index in [-0.39, 0.29) is 11.7 Å². The van der Waals surface area contributed by atoms with E-state index in [0.29, 0.717) is 13.1 Å². The topological polar surface area (TPSA) is 52.6 Å². The maximum Gasteiger partial charge on any atom is 0.236 e. The van der Waals surface area contributed by atoms with Crippen molar-refractivity contribution in [1.29, 1.82) is 0 Å². The van der Waals surface area contributed by atoms with Crippen molar-refractivity contribution in [2.24, 2.45) is 0 Å². The first-order valence-corrected chi connectivity index (χ1v) is 8.34. The third kappa shape index (κ3) is 4.73. The molecule has 2 aromatic rings.